The summed E-state index contributed by atoms with van der Waals surface area (Å²) in [5, 5.41) is 18.0. The highest BCUT2D eigenvalue weighted by Gasteiger charge is 2.06. The Morgan fingerprint density at radius 1 is 1.07 bits per heavy atom. The Morgan fingerprint density at radius 3 is 2.67 bits per heavy atom. The average molecular weight is 417 g/mol. The van der Waals surface area contributed by atoms with Crippen molar-refractivity contribution in [2.75, 3.05) is 5.32 Å². The Morgan fingerprint density at radius 2 is 1.89 bits per heavy atom. The maximum atomic E-state index is 12.1. The van der Waals surface area contributed by atoms with E-state index in [9.17, 15) is 9.90 Å². The van der Waals surface area contributed by atoms with Crippen LogP contribution in [0, 0.1) is 0 Å². The summed E-state index contributed by atoms with van der Waals surface area (Å²) < 4.78 is 0. The smallest absolute Gasteiger partial charge is 0.250 e. The molecule has 0 aliphatic heterocycles. The van der Waals surface area contributed by atoms with E-state index in [1.54, 1.807) is 42.5 Å². The molecule has 0 atom stereocenters. The number of fused-ring (bicyclic) bond motifs is 1. The largest absolute Gasteiger partial charge is 0.508 e. The maximum absolute atomic E-state index is 12.1. The number of rotatable bonds is 3. The van der Waals surface area contributed by atoms with Crippen molar-refractivity contribution in [3.05, 3.63) is 76.3 Å². The van der Waals surface area contributed by atoms with Crippen LogP contribution in [-0.2, 0) is 4.79 Å². The predicted octanol–water partition coefficient (Wildman–Crippen LogP) is 5.38. The zero-order valence-corrected chi connectivity index (χ0v) is 16.2. The van der Waals surface area contributed by atoms with Crippen molar-refractivity contribution < 1.29 is 9.90 Å². The van der Waals surface area contributed by atoms with Gasteiger partial charge in [0.25, 0.3) is 0 Å². The Kier molecular flexibility index (Phi) is 5.96. The molecule has 136 valence electrons. The number of halogens is 2. The highest BCUT2D eigenvalue weighted by molar-refractivity contribution is 7.80. The third-order valence-electron chi connectivity index (χ3n) is 3.73. The fourth-order valence-electron chi connectivity index (χ4n) is 2.49. The highest BCUT2D eigenvalue weighted by atomic mass is 35.5. The molecule has 3 aromatic carbocycles. The van der Waals surface area contributed by atoms with Crippen LogP contribution >= 0.6 is 35.4 Å². The molecule has 4 nitrogen and oxygen atoms in total. The number of anilines is 1. The number of benzene rings is 3. The number of carbonyl (C=O) groups is 1. The van der Waals surface area contributed by atoms with Gasteiger partial charge < -0.3 is 10.4 Å². The molecule has 3 rings (SSSR count). The third-order valence-corrected chi connectivity index (χ3v) is 4.49. The van der Waals surface area contributed by atoms with Gasteiger partial charge in [0.2, 0.25) is 5.91 Å². The van der Waals surface area contributed by atoms with Gasteiger partial charge in [-0.05, 0) is 65.6 Å². The molecule has 7 heteroatoms. The van der Waals surface area contributed by atoms with Gasteiger partial charge in [0.1, 0.15) is 5.75 Å². The first kappa shape index (κ1) is 19.2. The lowest BCUT2D eigenvalue weighted by Crippen LogP contribution is -2.32. The monoisotopic (exact) mass is 416 g/mol. The quantitative estimate of drug-likeness (QED) is 0.396. The third kappa shape index (κ3) is 4.98. The summed E-state index contributed by atoms with van der Waals surface area (Å²) in [6, 6.07) is 15.6. The molecule has 0 bridgehead atoms. The molecule has 3 N–H and O–H groups in total. The SMILES string of the molecule is O=C(/C=C/c1ccc(Cl)cc1Cl)NC(=S)Nc1cccc2cc(O)ccc12. The van der Waals surface area contributed by atoms with E-state index in [0.717, 1.165) is 16.5 Å². The minimum Gasteiger partial charge on any atom is -0.508 e. The summed E-state index contributed by atoms with van der Waals surface area (Å²) in [6.45, 7) is 0. The number of hydrogen-bond donors (Lipinski definition) is 3. The summed E-state index contributed by atoms with van der Waals surface area (Å²) in [6.07, 6.45) is 2.92. The van der Waals surface area contributed by atoms with E-state index in [0.29, 0.717) is 15.6 Å². The molecule has 0 radical (unpaired) electrons. The summed E-state index contributed by atoms with van der Waals surface area (Å²) in [7, 11) is 0. The highest BCUT2D eigenvalue weighted by Crippen LogP contribution is 2.26. The molecular formula is C20H14Cl2N2O2S. The maximum Gasteiger partial charge on any atom is 0.250 e. The molecule has 0 fully saturated rings. The fourth-order valence-corrected chi connectivity index (χ4v) is 3.17. The molecule has 0 spiro atoms. The molecule has 3 aromatic rings. The Hall–Kier alpha value is -2.60. The van der Waals surface area contributed by atoms with Crippen molar-refractivity contribution in [1.82, 2.24) is 5.32 Å². The second-order valence-electron chi connectivity index (χ2n) is 5.65. The normalized spacial score (nSPS) is 10.9. The lowest BCUT2D eigenvalue weighted by atomic mass is 10.1. The molecular weight excluding hydrogens is 403 g/mol. The average Bonchev–Trinajstić information content (AvgIpc) is 2.60. The van der Waals surface area contributed by atoms with E-state index in [1.807, 2.05) is 18.2 Å². The van der Waals surface area contributed by atoms with Gasteiger partial charge in [-0.15, -0.1) is 0 Å². The molecule has 0 aliphatic rings. The number of phenolic OH excluding ortho intramolecular Hbond substituents is 1. The summed E-state index contributed by atoms with van der Waals surface area (Å²) in [5.74, 6) is -0.210. The van der Waals surface area contributed by atoms with Crippen molar-refractivity contribution >= 4 is 69.0 Å². The van der Waals surface area contributed by atoms with Gasteiger partial charge in [0.05, 0.1) is 0 Å². The van der Waals surface area contributed by atoms with Crippen molar-refractivity contribution in [3.63, 3.8) is 0 Å². The van der Waals surface area contributed by atoms with Crippen LogP contribution in [0.5, 0.6) is 5.75 Å². The standard InChI is InChI=1S/C20H14Cl2N2O2S/c21-14-6-4-12(17(22)11-14)5-9-19(26)24-20(27)23-18-3-1-2-13-10-15(25)7-8-16(13)18/h1-11,25H,(H2,23,24,26,27)/b9-5+. The first-order valence-corrected chi connectivity index (χ1v) is 9.05. The lowest BCUT2D eigenvalue weighted by Gasteiger charge is -2.11. The molecule has 0 heterocycles. The predicted molar refractivity (Wildman–Crippen MR) is 115 cm³/mol. The minimum atomic E-state index is -0.392. The first-order valence-electron chi connectivity index (χ1n) is 7.89. The van der Waals surface area contributed by atoms with Gasteiger partial charge in [-0.3, -0.25) is 10.1 Å². The number of aromatic hydroxyl groups is 1. The summed E-state index contributed by atoms with van der Waals surface area (Å²) >= 11 is 17.1. The van der Waals surface area contributed by atoms with Crippen LogP contribution in [-0.4, -0.2) is 16.1 Å². The van der Waals surface area contributed by atoms with Crippen LogP contribution in [0.1, 0.15) is 5.56 Å². The van der Waals surface area contributed by atoms with Gasteiger partial charge in [-0.25, -0.2) is 0 Å². The van der Waals surface area contributed by atoms with Gasteiger partial charge in [0.15, 0.2) is 5.11 Å². The molecule has 0 saturated heterocycles. The van der Waals surface area contributed by atoms with Crippen molar-refractivity contribution in [2.45, 2.75) is 0 Å². The van der Waals surface area contributed by atoms with Gasteiger partial charge in [-0.1, -0.05) is 41.4 Å². The van der Waals surface area contributed by atoms with Crippen LogP contribution in [0.15, 0.2) is 60.7 Å². The number of hydrogen-bond acceptors (Lipinski definition) is 3. The fraction of sp³-hybridized carbons (Fsp3) is 0. The van der Waals surface area contributed by atoms with E-state index in [1.165, 1.54) is 6.08 Å². The zero-order chi connectivity index (χ0) is 19.4. The van der Waals surface area contributed by atoms with E-state index in [2.05, 4.69) is 10.6 Å². The Labute approximate surface area is 171 Å². The van der Waals surface area contributed by atoms with Crippen LogP contribution in [0.3, 0.4) is 0 Å². The molecule has 27 heavy (non-hydrogen) atoms. The van der Waals surface area contributed by atoms with E-state index in [4.69, 9.17) is 35.4 Å². The van der Waals surface area contributed by atoms with Gasteiger partial charge in [0, 0.05) is 27.2 Å². The Balaban J connectivity index is 1.67. The lowest BCUT2D eigenvalue weighted by molar-refractivity contribution is -0.115. The number of carbonyl (C=O) groups excluding carboxylic acids is 1. The second-order valence-corrected chi connectivity index (χ2v) is 6.91. The van der Waals surface area contributed by atoms with Crippen molar-refractivity contribution in [3.8, 4) is 5.75 Å². The number of phenols is 1. The number of nitrogens with one attached hydrogen (secondary N) is 2. The van der Waals surface area contributed by atoms with E-state index in [-0.39, 0.29) is 10.9 Å². The number of thiocarbonyl (C=S) groups is 1. The van der Waals surface area contributed by atoms with Gasteiger partial charge >= 0.3 is 0 Å². The second kappa shape index (κ2) is 8.39. The van der Waals surface area contributed by atoms with Crippen LogP contribution < -0.4 is 10.6 Å². The Bertz CT molecular complexity index is 1070. The topological polar surface area (TPSA) is 61.4 Å². The number of amides is 1. The van der Waals surface area contributed by atoms with Crippen LogP contribution in [0.4, 0.5) is 5.69 Å². The first-order chi connectivity index (χ1) is 12.9. The summed E-state index contributed by atoms with van der Waals surface area (Å²) in [5.41, 5.74) is 1.39. The van der Waals surface area contributed by atoms with Gasteiger partial charge in [-0.2, -0.15) is 0 Å². The molecule has 0 aromatic heterocycles. The van der Waals surface area contributed by atoms with Crippen molar-refractivity contribution in [1.29, 1.82) is 0 Å². The summed E-state index contributed by atoms with van der Waals surface area (Å²) in [4.78, 5) is 12.1. The van der Waals surface area contributed by atoms with Crippen LogP contribution in [0.2, 0.25) is 10.0 Å². The van der Waals surface area contributed by atoms with E-state index >= 15 is 0 Å². The zero-order valence-electron chi connectivity index (χ0n) is 13.9. The molecule has 0 aliphatic carbocycles. The molecule has 0 saturated carbocycles. The van der Waals surface area contributed by atoms with Crippen LogP contribution in [0.25, 0.3) is 16.8 Å². The minimum absolute atomic E-state index is 0.160. The van der Waals surface area contributed by atoms with E-state index < -0.39 is 5.91 Å². The molecule has 1 amide bonds. The van der Waals surface area contributed by atoms with Crippen molar-refractivity contribution in [2.24, 2.45) is 0 Å². The molecule has 0 unspecified atom stereocenters.